The van der Waals surface area contributed by atoms with Crippen molar-refractivity contribution in [1.29, 1.82) is 0 Å². The highest BCUT2D eigenvalue weighted by Gasteiger charge is 2.15. The number of rotatable bonds is 6. The summed E-state index contributed by atoms with van der Waals surface area (Å²) in [4.78, 5) is 6.97. The average molecular weight is 307 g/mol. The minimum absolute atomic E-state index is 0.00865. The fourth-order valence-electron chi connectivity index (χ4n) is 1.84. The molecule has 2 aromatic rings. The zero-order valence-electron chi connectivity index (χ0n) is 11.8. The van der Waals surface area contributed by atoms with Crippen molar-refractivity contribution in [2.45, 2.75) is 6.92 Å². The Bertz CT molecular complexity index is 722. The van der Waals surface area contributed by atoms with Crippen molar-refractivity contribution >= 4 is 21.3 Å². The molecule has 0 aliphatic carbocycles. The van der Waals surface area contributed by atoms with Gasteiger partial charge in [-0.1, -0.05) is 18.2 Å². The third-order valence-electron chi connectivity index (χ3n) is 2.89. The standard InChI is InChI=1S/C14H17N3O3S/c1-3-21(18,19)17-13-7-5-4-6-11(13)12(9-20-2)14-8-15-10-16-14/h4-10,17H,3H2,1-2H3,(H,15,16). The Hall–Kier alpha value is -2.28. The summed E-state index contributed by atoms with van der Waals surface area (Å²) >= 11 is 0. The number of aromatic nitrogens is 2. The highest BCUT2D eigenvalue weighted by Crippen LogP contribution is 2.29. The van der Waals surface area contributed by atoms with Crippen molar-refractivity contribution in [3.05, 3.63) is 54.3 Å². The topological polar surface area (TPSA) is 84.1 Å². The first kappa shape index (κ1) is 15.1. The lowest BCUT2D eigenvalue weighted by atomic mass is 10.0. The second-order valence-electron chi connectivity index (χ2n) is 4.28. The van der Waals surface area contributed by atoms with Gasteiger partial charge in [0.1, 0.15) is 0 Å². The largest absolute Gasteiger partial charge is 0.504 e. The summed E-state index contributed by atoms with van der Waals surface area (Å²) < 4.78 is 31.3. The molecular formula is C14H17N3O3S. The van der Waals surface area contributed by atoms with Crippen LogP contribution in [0.15, 0.2) is 43.1 Å². The third kappa shape index (κ3) is 3.63. The lowest BCUT2D eigenvalue weighted by Crippen LogP contribution is -2.15. The summed E-state index contributed by atoms with van der Waals surface area (Å²) in [7, 11) is -1.82. The maximum Gasteiger partial charge on any atom is 0.232 e. The Morgan fingerprint density at radius 1 is 1.43 bits per heavy atom. The minimum atomic E-state index is -3.36. The van der Waals surface area contributed by atoms with Crippen LogP contribution in [0, 0.1) is 0 Å². The first-order chi connectivity index (χ1) is 10.1. The van der Waals surface area contributed by atoms with E-state index in [-0.39, 0.29) is 5.75 Å². The van der Waals surface area contributed by atoms with E-state index in [2.05, 4.69) is 14.7 Å². The number of benzene rings is 1. The summed E-state index contributed by atoms with van der Waals surface area (Å²) in [6.07, 6.45) is 4.75. The fourth-order valence-corrected chi connectivity index (χ4v) is 2.50. The molecule has 0 aliphatic rings. The van der Waals surface area contributed by atoms with E-state index >= 15 is 0 Å². The molecule has 0 bridgehead atoms. The molecule has 6 nitrogen and oxygen atoms in total. The van der Waals surface area contributed by atoms with Crippen LogP contribution in [-0.2, 0) is 14.8 Å². The van der Waals surface area contributed by atoms with Crippen LogP contribution in [-0.4, -0.2) is 31.2 Å². The Morgan fingerprint density at radius 3 is 2.81 bits per heavy atom. The van der Waals surface area contributed by atoms with Gasteiger partial charge in [0.25, 0.3) is 0 Å². The van der Waals surface area contributed by atoms with Gasteiger partial charge in [-0.15, -0.1) is 0 Å². The molecule has 0 amide bonds. The normalized spacial score (nSPS) is 12.2. The van der Waals surface area contributed by atoms with E-state index < -0.39 is 10.0 Å². The SMILES string of the molecule is CCS(=O)(=O)Nc1ccccc1C(=COC)c1cnc[nH]1. The number of hydrogen-bond acceptors (Lipinski definition) is 4. The Labute approximate surface area is 123 Å². The van der Waals surface area contributed by atoms with Crippen LogP contribution < -0.4 is 4.72 Å². The zero-order chi connectivity index (χ0) is 15.3. The van der Waals surface area contributed by atoms with Crippen molar-refractivity contribution in [2.24, 2.45) is 0 Å². The predicted octanol–water partition coefficient (Wildman–Crippen LogP) is 2.21. The molecule has 21 heavy (non-hydrogen) atoms. The molecule has 0 saturated carbocycles. The molecule has 0 fully saturated rings. The van der Waals surface area contributed by atoms with Crippen LogP contribution in [0.3, 0.4) is 0 Å². The van der Waals surface area contributed by atoms with Crippen molar-refractivity contribution in [3.63, 3.8) is 0 Å². The second-order valence-corrected chi connectivity index (χ2v) is 6.29. The minimum Gasteiger partial charge on any atom is -0.504 e. The number of methoxy groups -OCH3 is 1. The van der Waals surface area contributed by atoms with E-state index in [0.29, 0.717) is 16.8 Å². The van der Waals surface area contributed by atoms with Crippen LogP contribution in [0.1, 0.15) is 18.2 Å². The van der Waals surface area contributed by atoms with Gasteiger partial charge in [-0.2, -0.15) is 0 Å². The van der Waals surface area contributed by atoms with Gasteiger partial charge in [-0.3, -0.25) is 4.72 Å². The molecular weight excluding hydrogens is 290 g/mol. The molecule has 7 heteroatoms. The monoisotopic (exact) mass is 307 g/mol. The number of sulfonamides is 1. The highest BCUT2D eigenvalue weighted by molar-refractivity contribution is 7.92. The van der Waals surface area contributed by atoms with Crippen LogP contribution in [0.25, 0.3) is 5.57 Å². The van der Waals surface area contributed by atoms with E-state index in [4.69, 9.17) is 4.74 Å². The van der Waals surface area contributed by atoms with Crippen molar-refractivity contribution in [1.82, 2.24) is 9.97 Å². The third-order valence-corrected chi connectivity index (χ3v) is 4.18. The Balaban J connectivity index is 2.50. The fraction of sp³-hybridized carbons (Fsp3) is 0.214. The number of nitrogens with one attached hydrogen (secondary N) is 2. The van der Waals surface area contributed by atoms with Crippen molar-refractivity contribution in [2.75, 3.05) is 17.6 Å². The van der Waals surface area contributed by atoms with Gasteiger partial charge in [0.15, 0.2) is 0 Å². The molecule has 0 unspecified atom stereocenters. The average Bonchev–Trinajstić information content (AvgIpc) is 2.99. The number of para-hydroxylation sites is 1. The zero-order valence-corrected chi connectivity index (χ0v) is 12.6. The van der Waals surface area contributed by atoms with E-state index in [9.17, 15) is 8.42 Å². The lowest BCUT2D eigenvalue weighted by molar-refractivity contribution is 0.340. The van der Waals surface area contributed by atoms with Gasteiger partial charge in [0, 0.05) is 11.1 Å². The predicted molar refractivity (Wildman–Crippen MR) is 82.2 cm³/mol. The summed E-state index contributed by atoms with van der Waals surface area (Å²) in [5.41, 5.74) is 2.65. The van der Waals surface area contributed by atoms with E-state index in [0.717, 1.165) is 5.69 Å². The van der Waals surface area contributed by atoms with E-state index in [1.165, 1.54) is 7.11 Å². The number of ether oxygens (including phenoxy) is 1. The number of anilines is 1. The molecule has 0 radical (unpaired) electrons. The maximum absolute atomic E-state index is 11.8. The molecule has 2 N–H and O–H groups in total. The number of nitrogens with zero attached hydrogens (tertiary/aromatic N) is 1. The summed E-state index contributed by atoms with van der Waals surface area (Å²) in [6, 6.07) is 7.13. The van der Waals surface area contributed by atoms with Gasteiger partial charge in [-0.25, -0.2) is 13.4 Å². The number of H-pyrrole nitrogens is 1. The molecule has 0 aliphatic heterocycles. The summed E-state index contributed by atoms with van der Waals surface area (Å²) in [5.74, 6) is 0.00865. The highest BCUT2D eigenvalue weighted by atomic mass is 32.2. The lowest BCUT2D eigenvalue weighted by Gasteiger charge is -2.13. The molecule has 1 heterocycles. The summed E-state index contributed by atoms with van der Waals surface area (Å²) in [5, 5.41) is 0. The van der Waals surface area contributed by atoms with Crippen LogP contribution in [0.5, 0.6) is 0 Å². The van der Waals surface area contributed by atoms with Crippen LogP contribution in [0.4, 0.5) is 5.69 Å². The van der Waals surface area contributed by atoms with Gasteiger partial charge in [-0.05, 0) is 13.0 Å². The summed E-state index contributed by atoms with van der Waals surface area (Å²) in [6.45, 7) is 1.59. The van der Waals surface area contributed by atoms with E-state index in [1.807, 2.05) is 12.1 Å². The van der Waals surface area contributed by atoms with Crippen LogP contribution in [0.2, 0.25) is 0 Å². The molecule has 0 atom stereocenters. The van der Waals surface area contributed by atoms with Gasteiger partial charge < -0.3 is 9.72 Å². The quantitative estimate of drug-likeness (QED) is 0.801. The molecule has 1 aromatic carbocycles. The molecule has 1 aromatic heterocycles. The Kier molecular flexibility index (Phi) is 4.64. The number of aromatic amines is 1. The smallest absolute Gasteiger partial charge is 0.232 e. The molecule has 112 valence electrons. The van der Waals surface area contributed by atoms with Crippen molar-refractivity contribution in [3.8, 4) is 0 Å². The first-order valence-corrected chi connectivity index (χ1v) is 8.04. The van der Waals surface area contributed by atoms with Gasteiger partial charge in [0.05, 0.1) is 43.0 Å². The maximum atomic E-state index is 11.8. The van der Waals surface area contributed by atoms with Gasteiger partial charge >= 0.3 is 0 Å². The van der Waals surface area contributed by atoms with Gasteiger partial charge in [0.2, 0.25) is 10.0 Å². The second kappa shape index (κ2) is 6.45. The first-order valence-electron chi connectivity index (χ1n) is 6.39. The number of imidazole rings is 1. The Morgan fingerprint density at radius 2 is 2.19 bits per heavy atom. The number of hydrogen-bond donors (Lipinski definition) is 2. The molecule has 2 rings (SSSR count). The molecule has 0 saturated heterocycles. The van der Waals surface area contributed by atoms with Crippen LogP contribution >= 0.6 is 0 Å². The molecule has 0 spiro atoms. The van der Waals surface area contributed by atoms with E-state index in [1.54, 1.807) is 37.8 Å². The van der Waals surface area contributed by atoms with Crippen molar-refractivity contribution < 1.29 is 13.2 Å².